The van der Waals surface area contributed by atoms with Crippen molar-refractivity contribution in [3.05, 3.63) is 64.3 Å². The van der Waals surface area contributed by atoms with Crippen LogP contribution in [0.4, 0.5) is 5.82 Å². The first-order chi connectivity index (χ1) is 8.81. The molecule has 2 heterocycles. The van der Waals surface area contributed by atoms with Crippen molar-refractivity contribution in [2.75, 3.05) is 0 Å². The van der Waals surface area contributed by atoms with Gasteiger partial charge in [0.25, 0.3) is 0 Å². The van der Waals surface area contributed by atoms with Crippen LogP contribution in [0.3, 0.4) is 0 Å². The Morgan fingerprint density at radius 1 is 1.11 bits per heavy atom. The molecule has 0 aliphatic carbocycles. The number of allylic oxidation sites excluding steroid dienone is 1. The van der Waals surface area contributed by atoms with Crippen molar-refractivity contribution in [1.29, 1.82) is 0 Å². The lowest BCUT2D eigenvalue weighted by Crippen LogP contribution is -1.92. The third-order valence-corrected chi connectivity index (χ3v) is 3.23. The van der Waals surface area contributed by atoms with Crippen molar-refractivity contribution in [1.82, 2.24) is 4.98 Å². The van der Waals surface area contributed by atoms with E-state index in [-0.39, 0.29) is 0 Å². The van der Waals surface area contributed by atoms with E-state index in [0.717, 1.165) is 22.4 Å². The molecule has 1 aliphatic heterocycles. The van der Waals surface area contributed by atoms with Gasteiger partial charge in [-0.05, 0) is 33.6 Å². The number of benzene rings is 1. The summed E-state index contributed by atoms with van der Waals surface area (Å²) in [5, 5.41) is 0. The third kappa shape index (κ3) is 2.41. The molecular formula is C15H11BrN2. The minimum absolute atomic E-state index is 0.839. The smallest absolute Gasteiger partial charge is 0.155 e. The van der Waals surface area contributed by atoms with E-state index in [0.29, 0.717) is 0 Å². The van der Waals surface area contributed by atoms with E-state index < -0.39 is 0 Å². The Morgan fingerprint density at radius 3 is 2.78 bits per heavy atom. The van der Waals surface area contributed by atoms with Crippen LogP contribution in [0.15, 0.2) is 58.1 Å². The van der Waals surface area contributed by atoms with Crippen molar-refractivity contribution < 1.29 is 0 Å². The summed E-state index contributed by atoms with van der Waals surface area (Å²) in [6.07, 6.45) is 6.78. The summed E-state index contributed by atoms with van der Waals surface area (Å²) < 4.78 is 1.00. The predicted octanol–water partition coefficient (Wildman–Crippen LogP) is 4.19. The Hall–Kier alpha value is -1.74. The fraction of sp³-hybridized carbons (Fsp3) is 0.0667. The highest BCUT2D eigenvalue weighted by atomic mass is 79.9. The summed E-state index contributed by atoms with van der Waals surface area (Å²) in [6.45, 7) is 0. The average Bonchev–Trinajstić information content (AvgIpc) is 2.79. The highest BCUT2D eigenvalue weighted by molar-refractivity contribution is 9.10. The average molecular weight is 299 g/mol. The van der Waals surface area contributed by atoms with E-state index in [2.05, 4.69) is 56.3 Å². The van der Waals surface area contributed by atoms with E-state index >= 15 is 0 Å². The van der Waals surface area contributed by atoms with Gasteiger partial charge in [0.2, 0.25) is 0 Å². The third-order valence-electron chi connectivity index (χ3n) is 2.80. The van der Waals surface area contributed by atoms with Gasteiger partial charge in [0, 0.05) is 28.4 Å². The van der Waals surface area contributed by atoms with E-state index in [9.17, 15) is 0 Å². The summed E-state index contributed by atoms with van der Waals surface area (Å²) >= 11 is 3.43. The maximum atomic E-state index is 4.51. The molecule has 0 N–H and O–H groups in total. The summed E-state index contributed by atoms with van der Waals surface area (Å²) in [4.78, 5) is 8.80. The Bertz CT molecular complexity index is 630. The van der Waals surface area contributed by atoms with Crippen LogP contribution in [0.2, 0.25) is 0 Å². The van der Waals surface area contributed by atoms with Crippen molar-refractivity contribution in [3.8, 4) is 0 Å². The van der Waals surface area contributed by atoms with Crippen LogP contribution >= 0.6 is 15.9 Å². The van der Waals surface area contributed by atoms with Crippen molar-refractivity contribution in [3.63, 3.8) is 0 Å². The number of pyridine rings is 1. The van der Waals surface area contributed by atoms with Crippen molar-refractivity contribution in [2.45, 2.75) is 6.42 Å². The predicted molar refractivity (Wildman–Crippen MR) is 78.2 cm³/mol. The molecule has 1 aliphatic rings. The molecule has 0 fully saturated rings. The lowest BCUT2D eigenvalue weighted by Gasteiger charge is -1.95. The number of aromatic nitrogens is 1. The van der Waals surface area contributed by atoms with Crippen LogP contribution in [0.5, 0.6) is 0 Å². The molecule has 2 nitrogen and oxygen atoms in total. The largest absolute Gasteiger partial charge is 0.236 e. The lowest BCUT2D eigenvalue weighted by molar-refractivity contribution is 1.23. The van der Waals surface area contributed by atoms with Crippen LogP contribution in [0.1, 0.15) is 11.1 Å². The topological polar surface area (TPSA) is 25.2 Å². The molecule has 0 saturated carbocycles. The Labute approximate surface area is 114 Å². The van der Waals surface area contributed by atoms with Crippen LogP contribution in [-0.2, 0) is 6.42 Å². The quantitative estimate of drug-likeness (QED) is 0.816. The summed E-state index contributed by atoms with van der Waals surface area (Å²) in [7, 11) is 0. The number of fused-ring (bicyclic) bond motifs is 1. The molecule has 0 unspecified atom stereocenters. The first-order valence-electron chi connectivity index (χ1n) is 5.76. The second-order valence-electron chi connectivity index (χ2n) is 4.16. The fourth-order valence-corrected chi connectivity index (χ4v) is 2.31. The zero-order valence-corrected chi connectivity index (χ0v) is 11.3. The van der Waals surface area contributed by atoms with Gasteiger partial charge in [-0.1, -0.05) is 36.4 Å². The van der Waals surface area contributed by atoms with Gasteiger partial charge in [-0.25, -0.2) is 9.98 Å². The molecule has 1 aromatic heterocycles. The number of aliphatic imine (C=N–C) groups is 1. The second-order valence-corrected chi connectivity index (χ2v) is 5.08. The number of halogens is 1. The van der Waals surface area contributed by atoms with Crippen LogP contribution in [0.25, 0.3) is 6.08 Å². The minimum Gasteiger partial charge on any atom is -0.236 e. The molecule has 0 amide bonds. The van der Waals surface area contributed by atoms with Crippen LogP contribution < -0.4 is 0 Å². The fourth-order valence-electron chi connectivity index (χ4n) is 1.93. The zero-order chi connectivity index (χ0) is 12.4. The molecule has 18 heavy (non-hydrogen) atoms. The Kier molecular flexibility index (Phi) is 3.07. The standard InChI is InChI=1S/C15H11BrN2/c16-13-8-12-9-14(18-15(12)17-10-13)7-6-11-4-2-1-3-5-11/h1-8,10H,9H2/b7-6+. The molecule has 0 bridgehead atoms. The molecule has 0 radical (unpaired) electrons. The SMILES string of the molecule is Brc1cnc2c(c1)CC(/C=C/c1ccccc1)=N2. The number of hydrogen-bond donors (Lipinski definition) is 0. The van der Waals surface area contributed by atoms with Gasteiger partial charge >= 0.3 is 0 Å². The molecule has 0 saturated heterocycles. The van der Waals surface area contributed by atoms with E-state index in [1.54, 1.807) is 6.20 Å². The van der Waals surface area contributed by atoms with Crippen LogP contribution in [0, 0.1) is 0 Å². The highest BCUT2D eigenvalue weighted by Crippen LogP contribution is 2.27. The van der Waals surface area contributed by atoms with Gasteiger partial charge < -0.3 is 0 Å². The molecule has 0 atom stereocenters. The molecule has 1 aromatic carbocycles. The first kappa shape index (κ1) is 11.4. The van der Waals surface area contributed by atoms with Gasteiger partial charge in [-0.3, -0.25) is 0 Å². The summed E-state index contributed by atoms with van der Waals surface area (Å²) in [5.41, 5.74) is 3.42. The monoisotopic (exact) mass is 298 g/mol. The molecular weight excluding hydrogens is 288 g/mol. The second kappa shape index (κ2) is 4.86. The van der Waals surface area contributed by atoms with Crippen molar-refractivity contribution >= 4 is 33.5 Å². The highest BCUT2D eigenvalue weighted by Gasteiger charge is 2.13. The number of rotatable bonds is 2. The Balaban J connectivity index is 1.80. The van der Waals surface area contributed by atoms with Gasteiger partial charge in [0.05, 0.1) is 0 Å². The molecule has 0 spiro atoms. The van der Waals surface area contributed by atoms with Gasteiger partial charge in [-0.15, -0.1) is 0 Å². The number of hydrogen-bond acceptors (Lipinski definition) is 2. The molecule has 3 rings (SSSR count). The van der Waals surface area contributed by atoms with Gasteiger partial charge in [0.1, 0.15) is 0 Å². The first-order valence-corrected chi connectivity index (χ1v) is 6.56. The van der Waals surface area contributed by atoms with E-state index in [1.807, 2.05) is 18.2 Å². The summed E-state index contributed by atoms with van der Waals surface area (Å²) in [5.74, 6) is 0.839. The molecule has 3 heteroatoms. The van der Waals surface area contributed by atoms with Gasteiger partial charge in [0.15, 0.2) is 5.82 Å². The van der Waals surface area contributed by atoms with Crippen molar-refractivity contribution in [2.24, 2.45) is 4.99 Å². The van der Waals surface area contributed by atoms with Crippen LogP contribution in [-0.4, -0.2) is 10.7 Å². The van der Waals surface area contributed by atoms with E-state index in [4.69, 9.17) is 0 Å². The molecule has 2 aromatic rings. The maximum absolute atomic E-state index is 4.51. The maximum Gasteiger partial charge on any atom is 0.155 e. The minimum atomic E-state index is 0.839. The summed E-state index contributed by atoms with van der Waals surface area (Å²) in [6, 6.07) is 12.3. The normalized spacial score (nSPS) is 13.7. The Morgan fingerprint density at radius 2 is 1.94 bits per heavy atom. The van der Waals surface area contributed by atoms with Gasteiger partial charge in [-0.2, -0.15) is 0 Å². The zero-order valence-electron chi connectivity index (χ0n) is 9.68. The molecule has 88 valence electrons. The number of nitrogens with zero attached hydrogens (tertiary/aromatic N) is 2. The lowest BCUT2D eigenvalue weighted by atomic mass is 10.1. The van der Waals surface area contributed by atoms with E-state index in [1.165, 1.54) is 11.1 Å².